The number of nitrogens with one attached hydrogen (secondary N) is 1. The van der Waals surface area contributed by atoms with Gasteiger partial charge in [-0.2, -0.15) is 0 Å². The average molecular weight is 259 g/mol. The predicted molar refractivity (Wildman–Crippen MR) is 71.0 cm³/mol. The number of esters is 1. The molecule has 2 aromatic rings. The van der Waals surface area contributed by atoms with E-state index in [0.717, 1.165) is 17.9 Å². The molecule has 1 aliphatic rings. The number of imidazole rings is 1. The number of fused-ring (bicyclic) bond motifs is 1. The highest BCUT2D eigenvalue weighted by atomic mass is 16.5. The second-order valence-electron chi connectivity index (χ2n) is 4.90. The molecule has 3 rings (SSSR count). The van der Waals surface area contributed by atoms with Crippen LogP contribution < -0.4 is 5.32 Å². The molecular weight excluding hydrogens is 242 g/mol. The van der Waals surface area contributed by atoms with E-state index < -0.39 is 0 Å². The highest BCUT2D eigenvalue weighted by Gasteiger charge is 2.17. The predicted octanol–water partition coefficient (Wildman–Crippen LogP) is 1.76. The second kappa shape index (κ2) is 5.01. The molecule has 0 atom stereocenters. The Kier molecular flexibility index (Phi) is 3.21. The number of hydrogen-bond acceptors (Lipinski definition) is 4. The van der Waals surface area contributed by atoms with Gasteiger partial charge in [-0.3, -0.25) is 0 Å². The van der Waals surface area contributed by atoms with Gasteiger partial charge < -0.3 is 14.5 Å². The first kappa shape index (κ1) is 12.2. The zero-order chi connectivity index (χ0) is 13.2. The number of aromatic nitrogens is 2. The van der Waals surface area contributed by atoms with E-state index in [9.17, 15) is 4.79 Å². The van der Waals surface area contributed by atoms with Gasteiger partial charge in [0.1, 0.15) is 5.65 Å². The first-order valence-electron chi connectivity index (χ1n) is 6.55. The molecule has 0 spiro atoms. The van der Waals surface area contributed by atoms with Gasteiger partial charge in [0, 0.05) is 18.8 Å². The zero-order valence-electron chi connectivity index (χ0n) is 10.9. The van der Waals surface area contributed by atoms with E-state index >= 15 is 0 Å². The van der Waals surface area contributed by atoms with Crippen molar-refractivity contribution in [2.24, 2.45) is 0 Å². The van der Waals surface area contributed by atoms with Crippen LogP contribution in [0.1, 0.15) is 35.3 Å². The summed E-state index contributed by atoms with van der Waals surface area (Å²) >= 11 is 0. The fraction of sp³-hybridized carbons (Fsp3) is 0.429. The van der Waals surface area contributed by atoms with E-state index in [1.165, 1.54) is 26.4 Å². The maximum atomic E-state index is 11.5. The van der Waals surface area contributed by atoms with Crippen LogP contribution in [0.4, 0.5) is 0 Å². The van der Waals surface area contributed by atoms with Crippen molar-refractivity contribution in [3.8, 4) is 0 Å². The summed E-state index contributed by atoms with van der Waals surface area (Å²) in [5.41, 5.74) is 2.45. The maximum Gasteiger partial charge on any atom is 0.339 e. The number of rotatable bonds is 4. The van der Waals surface area contributed by atoms with Gasteiger partial charge in [0.25, 0.3) is 0 Å². The Labute approximate surface area is 111 Å². The van der Waals surface area contributed by atoms with Crippen LogP contribution in [0.15, 0.2) is 24.5 Å². The number of pyridine rings is 1. The van der Waals surface area contributed by atoms with Gasteiger partial charge in [-0.15, -0.1) is 0 Å². The van der Waals surface area contributed by atoms with E-state index in [0.29, 0.717) is 11.6 Å². The van der Waals surface area contributed by atoms with Crippen molar-refractivity contribution in [2.75, 3.05) is 7.11 Å². The van der Waals surface area contributed by atoms with E-state index in [1.54, 1.807) is 12.3 Å². The largest absolute Gasteiger partial charge is 0.465 e. The first-order valence-corrected chi connectivity index (χ1v) is 6.55. The van der Waals surface area contributed by atoms with Crippen molar-refractivity contribution < 1.29 is 9.53 Å². The summed E-state index contributed by atoms with van der Waals surface area (Å²) in [5, 5.41) is 3.50. The van der Waals surface area contributed by atoms with Crippen LogP contribution in [0.3, 0.4) is 0 Å². The van der Waals surface area contributed by atoms with Crippen molar-refractivity contribution in [3.63, 3.8) is 0 Å². The molecule has 0 unspecified atom stereocenters. The molecule has 0 bridgehead atoms. The number of carbonyl (C=O) groups is 1. The molecule has 1 fully saturated rings. The molecule has 100 valence electrons. The zero-order valence-corrected chi connectivity index (χ0v) is 10.9. The van der Waals surface area contributed by atoms with Crippen LogP contribution in [-0.2, 0) is 11.3 Å². The SMILES string of the molecule is COC(=O)c1ccc2ncc(CNC3CCC3)n2c1. The lowest BCUT2D eigenvalue weighted by molar-refractivity contribution is 0.0600. The lowest BCUT2D eigenvalue weighted by Crippen LogP contribution is -2.34. The van der Waals surface area contributed by atoms with Crippen LogP contribution in [0.25, 0.3) is 5.65 Å². The standard InChI is InChI=1S/C14H17N3O2/c1-19-14(18)10-5-6-13-16-8-12(17(13)9-10)7-15-11-3-2-4-11/h5-6,8-9,11,15H,2-4,7H2,1H3. The Morgan fingerprint density at radius 2 is 2.37 bits per heavy atom. The van der Waals surface area contributed by atoms with Crippen molar-refractivity contribution in [1.82, 2.24) is 14.7 Å². The first-order chi connectivity index (χ1) is 9.28. The molecule has 5 nitrogen and oxygen atoms in total. The summed E-state index contributed by atoms with van der Waals surface area (Å²) in [7, 11) is 1.39. The summed E-state index contributed by atoms with van der Waals surface area (Å²) < 4.78 is 6.68. The van der Waals surface area contributed by atoms with Gasteiger partial charge in [0.05, 0.1) is 24.6 Å². The van der Waals surface area contributed by atoms with Crippen LogP contribution in [0.5, 0.6) is 0 Å². The van der Waals surface area contributed by atoms with Gasteiger partial charge in [-0.05, 0) is 25.0 Å². The van der Waals surface area contributed by atoms with Gasteiger partial charge >= 0.3 is 5.97 Å². The lowest BCUT2D eigenvalue weighted by atomic mass is 9.93. The molecule has 19 heavy (non-hydrogen) atoms. The smallest absolute Gasteiger partial charge is 0.339 e. The molecule has 1 aliphatic carbocycles. The summed E-state index contributed by atoms with van der Waals surface area (Å²) in [6.07, 6.45) is 7.46. The fourth-order valence-corrected chi connectivity index (χ4v) is 2.26. The molecular formula is C14H17N3O2. The molecule has 0 saturated heterocycles. The molecule has 0 aromatic carbocycles. The summed E-state index contributed by atoms with van der Waals surface area (Å²) in [5.74, 6) is -0.325. The third-order valence-corrected chi connectivity index (χ3v) is 3.68. The number of methoxy groups -OCH3 is 1. The van der Waals surface area contributed by atoms with Crippen LogP contribution >= 0.6 is 0 Å². The maximum absolute atomic E-state index is 11.5. The number of hydrogen-bond donors (Lipinski definition) is 1. The summed E-state index contributed by atoms with van der Waals surface area (Å²) in [4.78, 5) is 15.9. The number of carbonyl (C=O) groups excluding carboxylic acids is 1. The lowest BCUT2D eigenvalue weighted by Gasteiger charge is -2.26. The van der Waals surface area contributed by atoms with Crippen molar-refractivity contribution in [2.45, 2.75) is 31.8 Å². The Balaban J connectivity index is 1.84. The van der Waals surface area contributed by atoms with E-state index in [-0.39, 0.29) is 5.97 Å². The topological polar surface area (TPSA) is 55.6 Å². The molecule has 0 amide bonds. The summed E-state index contributed by atoms with van der Waals surface area (Å²) in [6.45, 7) is 0.774. The van der Waals surface area contributed by atoms with E-state index in [2.05, 4.69) is 10.3 Å². The third kappa shape index (κ3) is 2.33. The Bertz CT molecular complexity index is 602. The highest BCUT2D eigenvalue weighted by Crippen LogP contribution is 2.19. The van der Waals surface area contributed by atoms with Crippen molar-refractivity contribution in [3.05, 3.63) is 35.8 Å². The van der Waals surface area contributed by atoms with E-state index in [1.807, 2.05) is 16.7 Å². The molecule has 0 radical (unpaired) electrons. The van der Waals surface area contributed by atoms with Crippen molar-refractivity contribution in [1.29, 1.82) is 0 Å². The highest BCUT2D eigenvalue weighted by molar-refractivity contribution is 5.89. The number of nitrogens with zero attached hydrogens (tertiary/aromatic N) is 2. The van der Waals surface area contributed by atoms with Gasteiger partial charge in [-0.25, -0.2) is 9.78 Å². The second-order valence-corrected chi connectivity index (χ2v) is 4.90. The van der Waals surface area contributed by atoms with Crippen LogP contribution in [-0.4, -0.2) is 28.5 Å². The molecule has 1 N–H and O–H groups in total. The molecule has 0 aliphatic heterocycles. The summed E-state index contributed by atoms with van der Waals surface area (Å²) in [6, 6.07) is 4.20. The Morgan fingerprint density at radius 3 is 3.05 bits per heavy atom. The average Bonchev–Trinajstić information content (AvgIpc) is 2.78. The molecule has 2 aromatic heterocycles. The minimum atomic E-state index is -0.325. The molecule has 1 saturated carbocycles. The van der Waals surface area contributed by atoms with Crippen LogP contribution in [0, 0.1) is 0 Å². The number of ether oxygens (including phenoxy) is 1. The van der Waals surface area contributed by atoms with Gasteiger partial charge in [-0.1, -0.05) is 6.42 Å². The van der Waals surface area contributed by atoms with Gasteiger partial charge in [0.15, 0.2) is 0 Å². The molecule has 2 heterocycles. The Morgan fingerprint density at radius 1 is 1.53 bits per heavy atom. The van der Waals surface area contributed by atoms with E-state index in [4.69, 9.17) is 4.74 Å². The normalized spacial score (nSPS) is 15.4. The quantitative estimate of drug-likeness (QED) is 0.850. The van der Waals surface area contributed by atoms with Crippen LogP contribution in [0.2, 0.25) is 0 Å². The minimum Gasteiger partial charge on any atom is -0.465 e. The van der Waals surface area contributed by atoms with Crippen molar-refractivity contribution >= 4 is 11.6 Å². The fourth-order valence-electron chi connectivity index (χ4n) is 2.26. The minimum absolute atomic E-state index is 0.325. The third-order valence-electron chi connectivity index (χ3n) is 3.68. The van der Waals surface area contributed by atoms with Gasteiger partial charge in [0.2, 0.25) is 0 Å². The monoisotopic (exact) mass is 259 g/mol. The Hall–Kier alpha value is -1.88. The molecule has 5 heteroatoms.